The highest BCUT2D eigenvalue weighted by Crippen LogP contribution is 2.38. The van der Waals surface area contributed by atoms with Gasteiger partial charge in [-0.2, -0.15) is 0 Å². The van der Waals surface area contributed by atoms with Crippen molar-refractivity contribution < 1.29 is 5.11 Å². The van der Waals surface area contributed by atoms with Crippen LogP contribution < -0.4 is 10.9 Å². The number of phenols is 1. The average molecular weight is 298 g/mol. The molecule has 0 fully saturated rings. The minimum Gasteiger partial charge on any atom is -0.507 e. The van der Waals surface area contributed by atoms with Gasteiger partial charge in [-0.3, -0.25) is 9.59 Å². The quantitative estimate of drug-likeness (QED) is 0.351. The van der Waals surface area contributed by atoms with Crippen molar-refractivity contribution in [2.45, 2.75) is 0 Å². The molecule has 5 rings (SSSR count). The summed E-state index contributed by atoms with van der Waals surface area (Å²) in [5, 5.41) is 16.1. The maximum atomic E-state index is 12.6. The molecule has 0 heterocycles. The van der Waals surface area contributed by atoms with Crippen LogP contribution in [0.15, 0.2) is 64.2 Å². The minimum absolute atomic E-state index is 0.00503. The van der Waals surface area contributed by atoms with Crippen LogP contribution in [0.4, 0.5) is 0 Å². The molecule has 108 valence electrons. The van der Waals surface area contributed by atoms with Crippen molar-refractivity contribution in [3.63, 3.8) is 0 Å². The Morgan fingerprint density at radius 3 is 2.26 bits per heavy atom. The third-order valence-corrected chi connectivity index (χ3v) is 4.64. The van der Waals surface area contributed by atoms with E-state index < -0.39 is 0 Å². The maximum absolute atomic E-state index is 12.6. The van der Waals surface area contributed by atoms with Gasteiger partial charge < -0.3 is 5.11 Å². The molecule has 0 spiro atoms. The van der Waals surface area contributed by atoms with Gasteiger partial charge in [0.2, 0.25) is 0 Å². The zero-order chi connectivity index (χ0) is 15.7. The number of phenolic OH excluding ortho intramolecular Hbond substituents is 1. The van der Waals surface area contributed by atoms with Gasteiger partial charge in [-0.25, -0.2) is 0 Å². The Hall–Kier alpha value is -3.20. The van der Waals surface area contributed by atoms with E-state index in [0.29, 0.717) is 10.8 Å². The maximum Gasteiger partial charge on any atom is 0.190 e. The number of hydrogen-bond acceptors (Lipinski definition) is 3. The molecule has 3 heteroatoms. The molecule has 0 aliphatic heterocycles. The summed E-state index contributed by atoms with van der Waals surface area (Å²) in [5.41, 5.74) is -0.278. The van der Waals surface area contributed by atoms with Crippen LogP contribution in [0.3, 0.4) is 0 Å². The molecule has 0 aromatic heterocycles. The van der Waals surface area contributed by atoms with Crippen molar-refractivity contribution in [3.05, 3.63) is 75.0 Å². The first-order valence-corrected chi connectivity index (χ1v) is 7.35. The lowest BCUT2D eigenvalue weighted by atomic mass is 9.90. The molecule has 0 unspecified atom stereocenters. The third-order valence-electron chi connectivity index (χ3n) is 4.64. The van der Waals surface area contributed by atoms with Gasteiger partial charge in [-0.1, -0.05) is 30.3 Å². The molecule has 1 N–H and O–H groups in total. The summed E-state index contributed by atoms with van der Waals surface area (Å²) in [6.45, 7) is 0. The SMILES string of the molecule is O=c1cccc2c1cc1ccc3ccc(O)c4c(=O)cc2c1c34. The van der Waals surface area contributed by atoms with Gasteiger partial charge in [0.15, 0.2) is 10.9 Å². The molecule has 0 aliphatic rings. The van der Waals surface area contributed by atoms with E-state index in [2.05, 4.69) is 0 Å². The van der Waals surface area contributed by atoms with E-state index in [0.717, 1.165) is 32.3 Å². The summed E-state index contributed by atoms with van der Waals surface area (Å²) in [4.78, 5) is 24.7. The highest BCUT2D eigenvalue weighted by Gasteiger charge is 2.16. The Bertz CT molecular complexity index is 1350. The van der Waals surface area contributed by atoms with Crippen LogP contribution in [-0.2, 0) is 0 Å². The fourth-order valence-electron chi connectivity index (χ4n) is 3.65. The van der Waals surface area contributed by atoms with Crippen LogP contribution in [0.25, 0.3) is 43.1 Å². The van der Waals surface area contributed by atoms with E-state index in [9.17, 15) is 14.7 Å². The summed E-state index contributed by atoms with van der Waals surface area (Å²) < 4.78 is 0. The van der Waals surface area contributed by atoms with Gasteiger partial charge >= 0.3 is 0 Å². The van der Waals surface area contributed by atoms with Crippen LogP contribution >= 0.6 is 0 Å². The van der Waals surface area contributed by atoms with Crippen LogP contribution in [0.1, 0.15) is 0 Å². The van der Waals surface area contributed by atoms with E-state index in [4.69, 9.17) is 0 Å². The van der Waals surface area contributed by atoms with E-state index in [-0.39, 0.29) is 16.6 Å². The molecule has 0 bridgehead atoms. The van der Waals surface area contributed by atoms with Crippen LogP contribution in [-0.4, -0.2) is 5.11 Å². The summed E-state index contributed by atoms with van der Waals surface area (Å²) in [7, 11) is 0. The zero-order valence-corrected chi connectivity index (χ0v) is 12.0. The lowest BCUT2D eigenvalue weighted by Crippen LogP contribution is -2.04. The number of fused-ring (bicyclic) bond motifs is 2. The Labute approximate surface area is 129 Å². The van der Waals surface area contributed by atoms with Crippen molar-refractivity contribution in [2.75, 3.05) is 0 Å². The lowest BCUT2D eigenvalue weighted by Gasteiger charge is -2.12. The topological polar surface area (TPSA) is 54.4 Å². The smallest absolute Gasteiger partial charge is 0.190 e. The highest BCUT2D eigenvalue weighted by molar-refractivity contribution is 6.29. The summed E-state index contributed by atoms with van der Waals surface area (Å²) in [6, 6.07) is 15.7. The molecule has 3 nitrogen and oxygen atoms in total. The van der Waals surface area contributed by atoms with Gasteiger partial charge in [0.1, 0.15) is 5.75 Å². The average Bonchev–Trinajstić information content (AvgIpc) is 2.55. The van der Waals surface area contributed by atoms with Crippen molar-refractivity contribution >= 4 is 43.1 Å². The van der Waals surface area contributed by atoms with Crippen LogP contribution in [0.2, 0.25) is 0 Å². The number of rotatable bonds is 0. The van der Waals surface area contributed by atoms with E-state index >= 15 is 0 Å². The van der Waals surface area contributed by atoms with Crippen LogP contribution in [0, 0.1) is 0 Å². The molecule has 0 atom stereocenters. The van der Waals surface area contributed by atoms with E-state index in [1.54, 1.807) is 12.1 Å². The highest BCUT2D eigenvalue weighted by atomic mass is 16.3. The van der Waals surface area contributed by atoms with Gasteiger partial charge in [-0.05, 0) is 51.2 Å². The van der Waals surface area contributed by atoms with E-state index in [1.165, 1.54) is 12.1 Å². The summed E-state index contributed by atoms with van der Waals surface area (Å²) >= 11 is 0. The molecule has 0 saturated carbocycles. The molecular formula is C20H10O3. The van der Waals surface area contributed by atoms with E-state index in [1.807, 2.05) is 30.3 Å². The third kappa shape index (κ3) is 1.44. The van der Waals surface area contributed by atoms with Crippen LogP contribution in [0.5, 0.6) is 5.75 Å². The summed E-state index contributed by atoms with van der Waals surface area (Å²) in [6.07, 6.45) is 0. The Kier molecular flexibility index (Phi) is 2.13. The largest absolute Gasteiger partial charge is 0.507 e. The second-order valence-corrected chi connectivity index (χ2v) is 5.87. The lowest BCUT2D eigenvalue weighted by molar-refractivity contribution is 0.481. The minimum atomic E-state index is -0.225. The molecule has 0 saturated heterocycles. The number of aromatic hydroxyl groups is 1. The second-order valence-electron chi connectivity index (χ2n) is 5.87. The second kappa shape index (κ2) is 3.96. The number of benzene rings is 5. The predicted molar refractivity (Wildman–Crippen MR) is 93.0 cm³/mol. The Morgan fingerprint density at radius 2 is 1.39 bits per heavy atom. The molecule has 5 aromatic carbocycles. The Balaban J connectivity index is 2.28. The predicted octanol–water partition coefficient (Wildman–Crippen LogP) is 3.60. The van der Waals surface area contributed by atoms with Crippen molar-refractivity contribution in [1.29, 1.82) is 0 Å². The Morgan fingerprint density at radius 1 is 0.609 bits per heavy atom. The first kappa shape index (κ1) is 12.4. The summed E-state index contributed by atoms with van der Waals surface area (Å²) in [5.74, 6) is -0.00503. The monoisotopic (exact) mass is 298 g/mol. The molecule has 0 radical (unpaired) electrons. The van der Waals surface area contributed by atoms with Gasteiger partial charge in [0.25, 0.3) is 0 Å². The first-order chi connectivity index (χ1) is 11.1. The molecule has 5 aromatic rings. The molecule has 23 heavy (non-hydrogen) atoms. The van der Waals surface area contributed by atoms with Crippen molar-refractivity contribution in [1.82, 2.24) is 0 Å². The number of hydrogen-bond donors (Lipinski definition) is 1. The standard InChI is InChI=1S/C20H10O3/c21-15-3-1-2-12-13(15)8-11-5-4-10-6-7-16(22)20-17(23)9-14(12)18(11)19(10)20/h1-9,22H. The van der Waals surface area contributed by atoms with Gasteiger partial charge in [0, 0.05) is 10.8 Å². The van der Waals surface area contributed by atoms with Crippen molar-refractivity contribution in [2.24, 2.45) is 0 Å². The normalized spacial score (nSPS) is 12.0. The fraction of sp³-hybridized carbons (Fsp3) is 0. The van der Waals surface area contributed by atoms with Gasteiger partial charge in [0.05, 0.1) is 5.39 Å². The molecule has 0 aliphatic carbocycles. The zero-order valence-electron chi connectivity index (χ0n) is 12.0. The molecule has 0 amide bonds. The van der Waals surface area contributed by atoms with Crippen molar-refractivity contribution in [3.8, 4) is 5.75 Å². The first-order valence-electron chi connectivity index (χ1n) is 7.35. The molecular weight excluding hydrogens is 288 g/mol. The van der Waals surface area contributed by atoms with Gasteiger partial charge in [-0.15, -0.1) is 0 Å². The fourth-order valence-corrected chi connectivity index (χ4v) is 3.65.